The second-order valence-corrected chi connectivity index (χ2v) is 8.58. The molecule has 1 N–H and O–H groups in total. The molecule has 0 spiro atoms. The summed E-state index contributed by atoms with van der Waals surface area (Å²) in [4.78, 5) is 31.2. The number of ether oxygens (including phenoxy) is 1. The molecule has 1 fully saturated rings. The Morgan fingerprint density at radius 3 is 2.50 bits per heavy atom. The number of methoxy groups -OCH3 is 1. The Morgan fingerprint density at radius 1 is 1.12 bits per heavy atom. The molecule has 4 rings (SSSR count). The molecular formula is C22H18F3N3O3S. The van der Waals surface area contributed by atoms with Gasteiger partial charge in [-0.15, -0.1) is 0 Å². The summed E-state index contributed by atoms with van der Waals surface area (Å²) in [5.41, 5.74) is -4.03. The standard InChI is InChI=1S/C22H18F3N3O3S/c1-21(12-13-10-11-26-16-4-3-5-17(31-2)18(13)16)19(29)28(20(30)27-21)14-6-8-15(9-7-14)32-22(23,24)25/h3-11H,12H2,1-2H3,(H,27,30). The van der Waals surface area contributed by atoms with Gasteiger partial charge in [0.15, 0.2) is 0 Å². The summed E-state index contributed by atoms with van der Waals surface area (Å²) < 4.78 is 43.1. The first-order valence-corrected chi connectivity index (χ1v) is 10.4. The predicted octanol–water partition coefficient (Wildman–Crippen LogP) is 4.91. The topological polar surface area (TPSA) is 71.5 Å². The SMILES string of the molecule is COc1cccc2nccc(CC3(C)NC(=O)N(c4ccc(SC(F)(F)F)cc4)C3=O)c12. The number of anilines is 1. The number of benzene rings is 2. The molecule has 10 heteroatoms. The minimum atomic E-state index is -4.42. The molecule has 0 bridgehead atoms. The first-order chi connectivity index (χ1) is 15.1. The highest BCUT2D eigenvalue weighted by Gasteiger charge is 2.48. The number of imide groups is 1. The Bertz CT molecular complexity index is 1200. The lowest BCUT2D eigenvalue weighted by atomic mass is 9.90. The summed E-state index contributed by atoms with van der Waals surface area (Å²) in [6.45, 7) is 1.61. The van der Waals surface area contributed by atoms with Gasteiger partial charge in [0.1, 0.15) is 11.3 Å². The van der Waals surface area contributed by atoms with E-state index < -0.39 is 23.0 Å². The van der Waals surface area contributed by atoms with Crippen LogP contribution in [0.3, 0.4) is 0 Å². The van der Waals surface area contributed by atoms with E-state index >= 15 is 0 Å². The summed E-state index contributed by atoms with van der Waals surface area (Å²) in [5.74, 6) is 0.0965. The van der Waals surface area contributed by atoms with Crippen molar-refractivity contribution >= 4 is 40.3 Å². The summed E-state index contributed by atoms with van der Waals surface area (Å²) in [6, 6.07) is 11.6. The molecule has 0 saturated carbocycles. The lowest BCUT2D eigenvalue weighted by Crippen LogP contribution is -2.46. The Kier molecular flexibility index (Phi) is 5.49. The maximum atomic E-state index is 13.3. The largest absolute Gasteiger partial charge is 0.496 e. The van der Waals surface area contributed by atoms with Gasteiger partial charge < -0.3 is 10.1 Å². The van der Waals surface area contributed by atoms with E-state index in [-0.39, 0.29) is 28.8 Å². The second-order valence-electron chi connectivity index (χ2n) is 7.45. The maximum absolute atomic E-state index is 13.3. The molecule has 1 aliphatic rings. The van der Waals surface area contributed by atoms with Gasteiger partial charge in [-0.1, -0.05) is 6.07 Å². The Balaban J connectivity index is 1.63. The van der Waals surface area contributed by atoms with Gasteiger partial charge in [-0.25, -0.2) is 9.69 Å². The van der Waals surface area contributed by atoms with Gasteiger partial charge in [-0.2, -0.15) is 13.2 Å². The number of alkyl halides is 3. The monoisotopic (exact) mass is 461 g/mol. The van der Waals surface area contributed by atoms with Crippen molar-refractivity contribution in [2.75, 3.05) is 12.0 Å². The zero-order chi connectivity index (χ0) is 23.1. The van der Waals surface area contributed by atoms with Crippen LogP contribution in [0, 0.1) is 0 Å². The van der Waals surface area contributed by atoms with Crippen molar-refractivity contribution in [2.24, 2.45) is 0 Å². The molecule has 32 heavy (non-hydrogen) atoms. The van der Waals surface area contributed by atoms with E-state index in [0.717, 1.165) is 15.8 Å². The van der Waals surface area contributed by atoms with Gasteiger partial charge in [0, 0.05) is 22.9 Å². The number of nitrogens with one attached hydrogen (secondary N) is 1. The average molecular weight is 461 g/mol. The van der Waals surface area contributed by atoms with Crippen molar-refractivity contribution in [3.63, 3.8) is 0 Å². The van der Waals surface area contributed by atoms with E-state index in [1.807, 2.05) is 12.1 Å². The molecule has 3 amide bonds. The van der Waals surface area contributed by atoms with Crippen LogP contribution in [-0.2, 0) is 11.2 Å². The highest BCUT2D eigenvalue weighted by molar-refractivity contribution is 8.00. The number of fused-ring (bicyclic) bond motifs is 1. The lowest BCUT2D eigenvalue weighted by Gasteiger charge is -2.23. The molecule has 2 heterocycles. The predicted molar refractivity (Wildman–Crippen MR) is 115 cm³/mol. The van der Waals surface area contributed by atoms with E-state index in [2.05, 4.69) is 10.3 Å². The lowest BCUT2D eigenvalue weighted by molar-refractivity contribution is -0.121. The molecule has 0 aliphatic carbocycles. The molecule has 1 atom stereocenters. The van der Waals surface area contributed by atoms with Crippen molar-refractivity contribution in [3.05, 3.63) is 60.3 Å². The number of pyridine rings is 1. The average Bonchev–Trinajstić information content (AvgIpc) is 2.95. The number of hydrogen-bond acceptors (Lipinski definition) is 5. The zero-order valence-electron chi connectivity index (χ0n) is 17.1. The van der Waals surface area contributed by atoms with Crippen LogP contribution < -0.4 is 15.0 Å². The third kappa shape index (κ3) is 4.10. The number of halogens is 3. The Hall–Kier alpha value is -3.27. The number of amides is 3. The summed E-state index contributed by atoms with van der Waals surface area (Å²) >= 11 is -0.262. The summed E-state index contributed by atoms with van der Waals surface area (Å²) in [5, 5.41) is 3.47. The number of carbonyl (C=O) groups excluding carboxylic acids is 2. The molecule has 166 valence electrons. The number of carbonyl (C=O) groups is 2. The van der Waals surface area contributed by atoms with Crippen LogP contribution in [0.1, 0.15) is 12.5 Å². The molecule has 1 saturated heterocycles. The van der Waals surface area contributed by atoms with Crippen LogP contribution in [0.15, 0.2) is 59.6 Å². The van der Waals surface area contributed by atoms with Crippen LogP contribution >= 0.6 is 11.8 Å². The highest BCUT2D eigenvalue weighted by atomic mass is 32.2. The minimum absolute atomic E-state index is 0.0357. The van der Waals surface area contributed by atoms with Gasteiger partial charge in [-0.3, -0.25) is 9.78 Å². The fourth-order valence-electron chi connectivity index (χ4n) is 3.77. The number of thioether (sulfide) groups is 1. The molecule has 1 aromatic heterocycles. The first kappa shape index (κ1) is 21.9. The third-order valence-electron chi connectivity index (χ3n) is 5.17. The van der Waals surface area contributed by atoms with Crippen molar-refractivity contribution in [1.29, 1.82) is 0 Å². The normalized spacial score (nSPS) is 18.8. The van der Waals surface area contributed by atoms with E-state index in [1.165, 1.54) is 31.4 Å². The van der Waals surface area contributed by atoms with Crippen LogP contribution in [0.4, 0.5) is 23.7 Å². The van der Waals surface area contributed by atoms with Crippen LogP contribution in [0.2, 0.25) is 0 Å². The van der Waals surface area contributed by atoms with Crippen molar-refractivity contribution in [1.82, 2.24) is 10.3 Å². The number of urea groups is 1. The Labute approximate surface area is 185 Å². The number of aromatic nitrogens is 1. The summed E-state index contributed by atoms with van der Waals surface area (Å²) in [6.07, 6.45) is 1.80. The van der Waals surface area contributed by atoms with E-state index in [1.54, 1.807) is 25.3 Å². The van der Waals surface area contributed by atoms with Gasteiger partial charge in [0.05, 0.1) is 18.3 Å². The fourth-order valence-corrected chi connectivity index (χ4v) is 4.31. The Morgan fingerprint density at radius 2 is 1.84 bits per heavy atom. The van der Waals surface area contributed by atoms with Gasteiger partial charge >= 0.3 is 11.5 Å². The van der Waals surface area contributed by atoms with Crippen LogP contribution in [-0.4, -0.2) is 35.1 Å². The smallest absolute Gasteiger partial charge is 0.446 e. The minimum Gasteiger partial charge on any atom is -0.496 e. The highest BCUT2D eigenvalue weighted by Crippen LogP contribution is 2.38. The molecule has 0 radical (unpaired) electrons. The van der Waals surface area contributed by atoms with Crippen molar-refractivity contribution in [3.8, 4) is 5.75 Å². The molecule has 6 nitrogen and oxygen atoms in total. The van der Waals surface area contributed by atoms with Crippen LogP contribution in [0.25, 0.3) is 10.9 Å². The summed E-state index contributed by atoms with van der Waals surface area (Å²) in [7, 11) is 1.54. The van der Waals surface area contributed by atoms with Crippen molar-refractivity contribution in [2.45, 2.75) is 29.3 Å². The molecule has 3 aromatic rings. The van der Waals surface area contributed by atoms with E-state index in [9.17, 15) is 22.8 Å². The molecule has 1 aliphatic heterocycles. The maximum Gasteiger partial charge on any atom is 0.446 e. The van der Waals surface area contributed by atoms with Crippen molar-refractivity contribution < 1.29 is 27.5 Å². The van der Waals surface area contributed by atoms with Gasteiger partial charge in [0.25, 0.3) is 5.91 Å². The number of nitrogens with zero attached hydrogens (tertiary/aromatic N) is 2. The third-order valence-corrected chi connectivity index (χ3v) is 5.91. The van der Waals surface area contributed by atoms with E-state index in [0.29, 0.717) is 11.3 Å². The van der Waals surface area contributed by atoms with Gasteiger partial charge in [-0.05, 0) is 66.7 Å². The number of hydrogen-bond donors (Lipinski definition) is 1. The first-order valence-electron chi connectivity index (χ1n) is 9.54. The van der Waals surface area contributed by atoms with Crippen LogP contribution in [0.5, 0.6) is 5.75 Å². The fraction of sp³-hybridized carbons (Fsp3) is 0.227. The molecule has 2 aromatic carbocycles. The molecular weight excluding hydrogens is 443 g/mol. The molecule has 1 unspecified atom stereocenters. The van der Waals surface area contributed by atoms with Gasteiger partial charge in [0.2, 0.25) is 0 Å². The number of rotatable bonds is 5. The second kappa shape index (κ2) is 8.01. The quantitative estimate of drug-likeness (QED) is 0.432. The van der Waals surface area contributed by atoms with E-state index in [4.69, 9.17) is 4.74 Å². The zero-order valence-corrected chi connectivity index (χ0v) is 17.9.